The van der Waals surface area contributed by atoms with Gasteiger partial charge in [0.25, 0.3) is 0 Å². The molecule has 0 amide bonds. The molecule has 0 bridgehead atoms. The lowest BCUT2D eigenvalue weighted by molar-refractivity contribution is 0.376. The number of hydrogen-bond acceptors (Lipinski definition) is 0. The average molecular weight is 329 g/mol. The zero-order chi connectivity index (χ0) is 16.2. The van der Waals surface area contributed by atoms with Crippen LogP contribution in [0.3, 0.4) is 0 Å². The summed E-state index contributed by atoms with van der Waals surface area (Å²) in [7, 11) is 0. The third kappa shape index (κ3) is 3.84. The molecule has 0 heterocycles. The van der Waals surface area contributed by atoms with Crippen molar-refractivity contribution in [2.75, 3.05) is 0 Å². The van der Waals surface area contributed by atoms with Crippen molar-refractivity contribution in [3.63, 3.8) is 0 Å². The standard InChI is InChI=1S/C21H22ClF/c1-2-3-15-4-6-16(7-5-15)17-8-10-18(11-9-17)19-12-13-21(23)20(22)14-19/h2-3,8-16H,4-7H2,1H3/b3-2+. The second-order valence-electron chi connectivity index (χ2n) is 6.39. The number of hydrogen-bond donors (Lipinski definition) is 0. The zero-order valence-corrected chi connectivity index (χ0v) is 14.2. The molecule has 0 saturated heterocycles. The van der Waals surface area contributed by atoms with Gasteiger partial charge in [-0.15, -0.1) is 0 Å². The Morgan fingerprint density at radius 2 is 1.61 bits per heavy atom. The number of allylic oxidation sites excluding steroid dienone is 2. The highest BCUT2D eigenvalue weighted by Gasteiger charge is 2.20. The first-order valence-electron chi connectivity index (χ1n) is 8.35. The molecular formula is C21H22ClF. The fourth-order valence-corrected chi connectivity index (χ4v) is 3.72. The molecule has 1 saturated carbocycles. The van der Waals surface area contributed by atoms with Crippen molar-refractivity contribution in [1.82, 2.24) is 0 Å². The minimum atomic E-state index is -0.370. The van der Waals surface area contributed by atoms with Crippen molar-refractivity contribution in [3.8, 4) is 11.1 Å². The predicted octanol–water partition coefficient (Wildman–Crippen LogP) is 7.00. The van der Waals surface area contributed by atoms with Crippen molar-refractivity contribution in [3.05, 3.63) is 71.0 Å². The van der Waals surface area contributed by atoms with Crippen molar-refractivity contribution in [2.45, 2.75) is 38.5 Å². The van der Waals surface area contributed by atoms with E-state index in [0.717, 1.165) is 17.0 Å². The van der Waals surface area contributed by atoms with Gasteiger partial charge in [-0.2, -0.15) is 0 Å². The Hall–Kier alpha value is -1.60. The van der Waals surface area contributed by atoms with Gasteiger partial charge in [-0.25, -0.2) is 4.39 Å². The minimum absolute atomic E-state index is 0.175. The van der Waals surface area contributed by atoms with Crippen molar-refractivity contribution in [1.29, 1.82) is 0 Å². The molecule has 1 aliphatic carbocycles. The first-order valence-corrected chi connectivity index (χ1v) is 8.73. The number of rotatable bonds is 3. The Kier molecular flexibility index (Phi) is 5.17. The molecule has 0 spiro atoms. The largest absolute Gasteiger partial charge is 0.205 e. The van der Waals surface area contributed by atoms with Crippen LogP contribution < -0.4 is 0 Å². The van der Waals surface area contributed by atoms with Crippen LogP contribution in [0.2, 0.25) is 5.02 Å². The maximum Gasteiger partial charge on any atom is 0.141 e. The lowest BCUT2D eigenvalue weighted by atomic mass is 9.78. The van der Waals surface area contributed by atoms with E-state index in [9.17, 15) is 4.39 Å². The van der Waals surface area contributed by atoms with E-state index in [2.05, 4.69) is 43.3 Å². The molecule has 0 N–H and O–H groups in total. The van der Waals surface area contributed by atoms with Crippen LogP contribution in [0.4, 0.5) is 4.39 Å². The lowest BCUT2D eigenvalue weighted by Gasteiger charge is -2.27. The first-order chi connectivity index (χ1) is 11.2. The third-order valence-corrected chi connectivity index (χ3v) is 5.16. The molecule has 0 nitrogen and oxygen atoms in total. The van der Waals surface area contributed by atoms with Crippen molar-refractivity contribution >= 4 is 11.6 Å². The first kappa shape index (κ1) is 16.3. The van der Waals surface area contributed by atoms with Crippen LogP contribution in [0, 0.1) is 11.7 Å². The van der Waals surface area contributed by atoms with Gasteiger partial charge < -0.3 is 0 Å². The summed E-state index contributed by atoms with van der Waals surface area (Å²) in [5, 5.41) is 0.175. The summed E-state index contributed by atoms with van der Waals surface area (Å²) < 4.78 is 13.3. The van der Waals surface area contributed by atoms with E-state index < -0.39 is 0 Å². The van der Waals surface area contributed by atoms with Crippen molar-refractivity contribution < 1.29 is 4.39 Å². The Labute approximate surface area is 143 Å². The summed E-state index contributed by atoms with van der Waals surface area (Å²) in [6.45, 7) is 2.10. The van der Waals surface area contributed by atoms with Crippen LogP contribution in [0.25, 0.3) is 11.1 Å². The van der Waals surface area contributed by atoms with Crippen LogP contribution in [-0.4, -0.2) is 0 Å². The molecule has 2 heteroatoms. The summed E-state index contributed by atoms with van der Waals surface area (Å²) in [6.07, 6.45) is 9.60. The molecule has 23 heavy (non-hydrogen) atoms. The van der Waals surface area contributed by atoms with Crippen LogP contribution in [0.1, 0.15) is 44.1 Å². The van der Waals surface area contributed by atoms with Gasteiger partial charge in [0.2, 0.25) is 0 Å². The summed E-state index contributed by atoms with van der Waals surface area (Å²) in [4.78, 5) is 0. The summed E-state index contributed by atoms with van der Waals surface area (Å²) in [5.41, 5.74) is 3.46. The maximum absolute atomic E-state index is 13.3. The van der Waals surface area contributed by atoms with Crippen LogP contribution in [0.5, 0.6) is 0 Å². The molecule has 0 aromatic heterocycles. The smallest absolute Gasteiger partial charge is 0.141 e. The van der Waals surface area contributed by atoms with E-state index in [1.807, 2.05) is 0 Å². The molecule has 0 unspecified atom stereocenters. The molecule has 0 aliphatic heterocycles. The van der Waals surface area contributed by atoms with Crippen LogP contribution >= 0.6 is 11.6 Å². The molecule has 120 valence electrons. The van der Waals surface area contributed by atoms with Gasteiger partial charge in [-0.1, -0.05) is 54.1 Å². The van der Waals surface area contributed by atoms with E-state index in [4.69, 9.17) is 11.6 Å². The molecule has 0 radical (unpaired) electrons. The number of benzene rings is 2. The topological polar surface area (TPSA) is 0 Å². The van der Waals surface area contributed by atoms with Gasteiger partial charge in [0.05, 0.1) is 5.02 Å². The monoisotopic (exact) mass is 328 g/mol. The Morgan fingerprint density at radius 1 is 0.957 bits per heavy atom. The quantitative estimate of drug-likeness (QED) is 0.532. The number of halogens is 2. The highest BCUT2D eigenvalue weighted by Crippen LogP contribution is 2.37. The van der Waals surface area contributed by atoms with E-state index in [-0.39, 0.29) is 10.8 Å². The van der Waals surface area contributed by atoms with Gasteiger partial charge in [0.1, 0.15) is 5.82 Å². The Balaban J connectivity index is 1.71. The van der Waals surface area contributed by atoms with Crippen LogP contribution in [0.15, 0.2) is 54.6 Å². The van der Waals surface area contributed by atoms with Gasteiger partial charge in [-0.05, 0) is 73.3 Å². The molecule has 1 aliphatic rings. The molecule has 2 aromatic rings. The molecular weight excluding hydrogens is 307 g/mol. The molecule has 0 atom stereocenters. The van der Waals surface area contributed by atoms with Gasteiger partial charge in [0, 0.05) is 0 Å². The third-order valence-electron chi connectivity index (χ3n) is 4.87. The summed E-state index contributed by atoms with van der Waals surface area (Å²) >= 11 is 5.88. The Morgan fingerprint density at radius 3 is 2.22 bits per heavy atom. The molecule has 1 fully saturated rings. The van der Waals surface area contributed by atoms with E-state index in [1.54, 1.807) is 12.1 Å². The lowest BCUT2D eigenvalue weighted by Crippen LogP contribution is -2.11. The van der Waals surface area contributed by atoms with E-state index in [1.165, 1.54) is 37.3 Å². The normalized spacial score (nSPS) is 21.7. The van der Waals surface area contributed by atoms with Crippen LogP contribution in [-0.2, 0) is 0 Å². The fourth-order valence-electron chi connectivity index (χ4n) is 3.54. The van der Waals surface area contributed by atoms with Gasteiger partial charge >= 0.3 is 0 Å². The zero-order valence-electron chi connectivity index (χ0n) is 13.4. The average Bonchev–Trinajstić information content (AvgIpc) is 2.59. The van der Waals surface area contributed by atoms with E-state index in [0.29, 0.717) is 5.92 Å². The molecule has 2 aromatic carbocycles. The highest BCUT2D eigenvalue weighted by molar-refractivity contribution is 6.31. The summed E-state index contributed by atoms with van der Waals surface area (Å²) in [5.74, 6) is 1.06. The Bertz CT molecular complexity index is 679. The van der Waals surface area contributed by atoms with Gasteiger partial charge in [0.15, 0.2) is 0 Å². The predicted molar refractivity (Wildman–Crippen MR) is 96.4 cm³/mol. The second-order valence-corrected chi connectivity index (χ2v) is 6.80. The SMILES string of the molecule is C/C=C/C1CCC(c2ccc(-c3ccc(F)c(Cl)c3)cc2)CC1. The maximum atomic E-state index is 13.3. The van der Waals surface area contributed by atoms with Crippen molar-refractivity contribution in [2.24, 2.45) is 5.92 Å². The van der Waals surface area contributed by atoms with E-state index >= 15 is 0 Å². The van der Waals surface area contributed by atoms with Gasteiger partial charge in [-0.3, -0.25) is 0 Å². The second kappa shape index (κ2) is 7.31. The fraction of sp³-hybridized carbons (Fsp3) is 0.333. The minimum Gasteiger partial charge on any atom is -0.205 e. The summed E-state index contributed by atoms with van der Waals surface area (Å²) in [6, 6.07) is 13.6. The molecule has 3 rings (SSSR count). The highest BCUT2D eigenvalue weighted by atomic mass is 35.5.